The standard InChI is InChI=1S/C21H21N3O5S2/c1-14-3-2-4-18(11-14)31(28,29)22-16-7-5-15(6-8-16)20(26)23-10-9-17(12-23)24-19(25)13-30-21(24)27/h2-8,11,17,22H,9-10,12-13H2,1H3. The summed E-state index contributed by atoms with van der Waals surface area (Å²) in [5.74, 6) is -0.273. The van der Waals surface area contributed by atoms with Gasteiger partial charge in [0.1, 0.15) is 0 Å². The number of thioether (sulfide) groups is 1. The van der Waals surface area contributed by atoms with Crippen molar-refractivity contribution >= 4 is 44.5 Å². The van der Waals surface area contributed by atoms with E-state index in [-0.39, 0.29) is 33.7 Å². The van der Waals surface area contributed by atoms with Gasteiger partial charge in [-0.3, -0.25) is 24.0 Å². The zero-order chi connectivity index (χ0) is 22.2. The van der Waals surface area contributed by atoms with E-state index in [4.69, 9.17) is 0 Å². The summed E-state index contributed by atoms with van der Waals surface area (Å²) in [4.78, 5) is 39.7. The molecular formula is C21H21N3O5S2. The molecule has 2 saturated heterocycles. The molecule has 0 bridgehead atoms. The predicted molar refractivity (Wildman–Crippen MR) is 117 cm³/mol. The van der Waals surface area contributed by atoms with Crippen molar-refractivity contribution in [2.45, 2.75) is 24.3 Å². The minimum absolute atomic E-state index is 0.156. The number of nitrogens with one attached hydrogen (secondary N) is 1. The van der Waals surface area contributed by atoms with E-state index in [0.717, 1.165) is 17.3 Å². The van der Waals surface area contributed by atoms with Gasteiger partial charge in [0.25, 0.3) is 21.2 Å². The van der Waals surface area contributed by atoms with Gasteiger partial charge in [0, 0.05) is 24.3 Å². The molecule has 2 aliphatic rings. The fourth-order valence-corrected chi connectivity index (χ4v) is 5.65. The van der Waals surface area contributed by atoms with Crippen molar-refractivity contribution in [1.82, 2.24) is 9.80 Å². The highest BCUT2D eigenvalue weighted by atomic mass is 32.2. The number of amides is 3. The SMILES string of the molecule is Cc1cccc(S(=O)(=O)Nc2ccc(C(=O)N3CCC(N4C(=O)CSC4=O)C3)cc2)c1. The molecule has 31 heavy (non-hydrogen) atoms. The minimum atomic E-state index is -3.73. The van der Waals surface area contributed by atoms with Crippen LogP contribution in [-0.2, 0) is 14.8 Å². The summed E-state index contributed by atoms with van der Waals surface area (Å²) in [7, 11) is -3.73. The summed E-state index contributed by atoms with van der Waals surface area (Å²) in [6.07, 6.45) is 0.554. The van der Waals surface area contributed by atoms with Crippen LogP contribution in [0.1, 0.15) is 22.3 Å². The van der Waals surface area contributed by atoms with E-state index in [1.165, 1.54) is 23.1 Å². The average Bonchev–Trinajstić information content (AvgIpc) is 3.34. The van der Waals surface area contributed by atoms with Gasteiger partial charge in [-0.15, -0.1) is 0 Å². The van der Waals surface area contributed by atoms with Gasteiger partial charge in [0.05, 0.1) is 16.7 Å². The lowest BCUT2D eigenvalue weighted by Crippen LogP contribution is -2.41. The maximum absolute atomic E-state index is 12.8. The number of nitrogens with zero attached hydrogens (tertiary/aromatic N) is 2. The first-order valence-corrected chi connectivity index (χ1v) is 12.2. The smallest absolute Gasteiger partial charge is 0.289 e. The third-order valence-electron chi connectivity index (χ3n) is 5.28. The Morgan fingerprint density at radius 2 is 1.87 bits per heavy atom. The Hall–Kier alpha value is -2.85. The maximum atomic E-state index is 12.8. The zero-order valence-electron chi connectivity index (χ0n) is 16.8. The number of hydrogen-bond donors (Lipinski definition) is 1. The molecule has 2 aromatic rings. The van der Waals surface area contributed by atoms with E-state index in [0.29, 0.717) is 30.8 Å². The Kier molecular flexibility index (Phi) is 5.76. The molecule has 8 nitrogen and oxygen atoms in total. The number of anilines is 1. The van der Waals surface area contributed by atoms with Crippen LogP contribution in [0.3, 0.4) is 0 Å². The van der Waals surface area contributed by atoms with Crippen LogP contribution >= 0.6 is 11.8 Å². The fraction of sp³-hybridized carbons (Fsp3) is 0.286. The van der Waals surface area contributed by atoms with Crippen LogP contribution in [0.4, 0.5) is 10.5 Å². The highest BCUT2D eigenvalue weighted by Gasteiger charge is 2.40. The highest BCUT2D eigenvalue weighted by molar-refractivity contribution is 8.14. The lowest BCUT2D eigenvalue weighted by atomic mass is 10.2. The third kappa shape index (κ3) is 4.45. The van der Waals surface area contributed by atoms with Crippen LogP contribution in [-0.4, -0.2) is 60.2 Å². The molecule has 3 amide bonds. The quantitative estimate of drug-likeness (QED) is 0.737. The number of likely N-dealkylation sites (tertiary alicyclic amines) is 1. The largest absolute Gasteiger partial charge is 0.336 e. The summed E-state index contributed by atoms with van der Waals surface area (Å²) in [5.41, 5.74) is 1.60. The van der Waals surface area contributed by atoms with Crippen LogP contribution < -0.4 is 4.72 Å². The van der Waals surface area contributed by atoms with Crippen molar-refractivity contribution in [2.24, 2.45) is 0 Å². The second kappa shape index (κ2) is 8.35. The van der Waals surface area contributed by atoms with Crippen LogP contribution in [0, 0.1) is 6.92 Å². The molecule has 0 spiro atoms. The molecule has 2 fully saturated rings. The third-order valence-corrected chi connectivity index (χ3v) is 7.50. The second-order valence-electron chi connectivity index (χ2n) is 7.51. The number of hydrogen-bond acceptors (Lipinski definition) is 6. The Labute approximate surface area is 184 Å². The number of sulfonamides is 1. The molecule has 1 atom stereocenters. The maximum Gasteiger partial charge on any atom is 0.289 e. The molecule has 2 aliphatic heterocycles. The molecule has 1 unspecified atom stereocenters. The number of aryl methyl sites for hydroxylation is 1. The molecule has 0 aliphatic carbocycles. The van der Waals surface area contributed by atoms with E-state index in [2.05, 4.69) is 4.72 Å². The van der Waals surface area contributed by atoms with Crippen LogP contribution in [0.15, 0.2) is 53.4 Å². The van der Waals surface area contributed by atoms with Crippen molar-refractivity contribution in [3.05, 3.63) is 59.7 Å². The van der Waals surface area contributed by atoms with Crippen molar-refractivity contribution in [2.75, 3.05) is 23.6 Å². The minimum Gasteiger partial charge on any atom is -0.336 e. The lowest BCUT2D eigenvalue weighted by Gasteiger charge is -2.22. The van der Waals surface area contributed by atoms with Crippen LogP contribution in [0.5, 0.6) is 0 Å². The van der Waals surface area contributed by atoms with Crippen molar-refractivity contribution in [3.63, 3.8) is 0 Å². The first-order valence-electron chi connectivity index (χ1n) is 9.72. The van der Waals surface area contributed by atoms with Crippen molar-refractivity contribution < 1.29 is 22.8 Å². The molecule has 0 radical (unpaired) electrons. The second-order valence-corrected chi connectivity index (χ2v) is 10.1. The van der Waals surface area contributed by atoms with Crippen molar-refractivity contribution in [1.29, 1.82) is 0 Å². The van der Waals surface area contributed by atoms with Gasteiger partial charge in [0.2, 0.25) is 5.91 Å². The van der Waals surface area contributed by atoms with Crippen LogP contribution in [0.25, 0.3) is 0 Å². The summed E-state index contributed by atoms with van der Waals surface area (Å²) in [5, 5.41) is -0.255. The zero-order valence-corrected chi connectivity index (χ0v) is 18.4. The molecule has 2 aromatic carbocycles. The first-order chi connectivity index (χ1) is 14.7. The summed E-state index contributed by atoms with van der Waals surface area (Å²) in [6, 6.07) is 12.5. The average molecular weight is 460 g/mol. The first kappa shape index (κ1) is 21.4. The van der Waals surface area contributed by atoms with E-state index in [9.17, 15) is 22.8 Å². The van der Waals surface area contributed by atoms with Gasteiger partial charge in [-0.05, 0) is 55.3 Å². The molecule has 10 heteroatoms. The molecular weight excluding hydrogens is 438 g/mol. The predicted octanol–water partition coefficient (Wildman–Crippen LogP) is 2.71. The molecule has 0 aromatic heterocycles. The number of benzene rings is 2. The van der Waals surface area contributed by atoms with Gasteiger partial charge in [-0.25, -0.2) is 8.42 Å². The van der Waals surface area contributed by atoms with E-state index in [1.807, 2.05) is 13.0 Å². The normalized spacial score (nSPS) is 19.2. The summed E-state index contributed by atoms with van der Waals surface area (Å²) in [6.45, 7) is 2.57. The molecule has 1 N–H and O–H groups in total. The number of imide groups is 1. The number of rotatable bonds is 5. The van der Waals surface area contributed by atoms with E-state index in [1.54, 1.807) is 29.2 Å². The number of carbonyl (C=O) groups is 3. The lowest BCUT2D eigenvalue weighted by molar-refractivity contribution is -0.126. The van der Waals surface area contributed by atoms with Gasteiger partial charge in [-0.1, -0.05) is 23.9 Å². The Bertz CT molecular complexity index is 1130. The summed E-state index contributed by atoms with van der Waals surface area (Å²) < 4.78 is 27.6. The van der Waals surface area contributed by atoms with Gasteiger partial charge >= 0.3 is 0 Å². The Balaban J connectivity index is 1.42. The summed E-state index contributed by atoms with van der Waals surface area (Å²) >= 11 is 0.989. The van der Waals surface area contributed by atoms with Gasteiger partial charge < -0.3 is 4.90 Å². The number of carbonyl (C=O) groups excluding carboxylic acids is 3. The Morgan fingerprint density at radius 1 is 1.13 bits per heavy atom. The molecule has 0 saturated carbocycles. The topological polar surface area (TPSA) is 104 Å². The highest BCUT2D eigenvalue weighted by Crippen LogP contribution is 2.27. The van der Waals surface area contributed by atoms with Gasteiger partial charge in [-0.2, -0.15) is 0 Å². The monoisotopic (exact) mass is 459 g/mol. The van der Waals surface area contributed by atoms with E-state index < -0.39 is 10.0 Å². The van der Waals surface area contributed by atoms with Crippen molar-refractivity contribution in [3.8, 4) is 0 Å². The molecule has 162 valence electrons. The fourth-order valence-electron chi connectivity index (χ4n) is 3.71. The van der Waals surface area contributed by atoms with E-state index >= 15 is 0 Å². The molecule has 2 heterocycles. The van der Waals surface area contributed by atoms with Gasteiger partial charge in [0.15, 0.2) is 0 Å². The Morgan fingerprint density at radius 3 is 2.52 bits per heavy atom. The van der Waals surface area contributed by atoms with Crippen LogP contribution in [0.2, 0.25) is 0 Å². The molecule has 4 rings (SSSR count).